The van der Waals surface area contributed by atoms with Gasteiger partial charge in [0.2, 0.25) is 17.7 Å². The van der Waals surface area contributed by atoms with E-state index in [1.54, 1.807) is 9.80 Å². The SMILES string of the molecule is CC(=O)N1CCN(C(=O)CN2CCC(C)CC2)CC(C(N)=O)C1. The summed E-state index contributed by atoms with van der Waals surface area (Å²) in [5.74, 6) is -0.288. The van der Waals surface area contributed by atoms with Gasteiger partial charge >= 0.3 is 0 Å². The molecule has 2 N–H and O–H groups in total. The first kappa shape index (κ1) is 17.7. The Morgan fingerprint density at radius 2 is 1.57 bits per heavy atom. The highest BCUT2D eigenvalue weighted by Gasteiger charge is 2.30. The van der Waals surface area contributed by atoms with Gasteiger partial charge in [-0.25, -0.2) is 0 Å². The van der Waals surface area contributed by atoms with Crippen LogP contribution in [0, 0.1) is 11.8 Å². The van der Waals surface area contributed by atoms with Crippen molar-refractivity contribution in [2.45, 2.75) is 26.7 Å². The molecule has 23 heavy (non-hydrogen) atoms. The molecule has 7 heteroatoms. The van der Waals surface area contributed by atoms with E-state index in [4.69, 9.17) is 5.73 Å². The van der Waals surface area contributed by atoms with Gasteiger partial charge in [0.25, 0.3) is 0 Å². The predicted octanol–water partition coefficient (Wildman–Crippen LogP) is -0.489. The van der Waals surface area contributed by atoms with Crippen LogP contribution in [0.25, 0.3) is 0 Å². The lowest BCUT2D eigenvalue weighted by molar-refractivity contribution is -0.134. The molecule has 0 aromatic rings. The summed E-state index contributed by atoms with van der Waals surface area (Å²) < 4.78 is 0. The fourth-order valence-corrected chi connectivity index (χ4v) is 3.22. The van der Waals surface area contributed by atoms with Crippen LogP contribution in [0.15, 0.2) is 0 Å². The van der Waals surface area contributed by atoms with E-state index >= 15 is 0 Å². The van der Waals surface area contributed by atoms with Crippen LogP contribution in [0.1, 0.15) is 26.7 Å². The number of nitrogens with two attached hydrogens (primary N) is 1. The summed E-state index contributed by atoms with van der Waals surface area (Å²) in [6.07, 6.45) is 2.24. The molecule has 0 radical (unpaired) electrons. The number of carbonyl (C=O) groups is 3. The minimum atomic E-state index is -0.494. The van der Waals surface area contributed by atoms with Crippen LogP contribution in [0.4, 0.5) is 0 Å². The van der Waals surface area contributed by atoms with Crippen LogP contribution < -0.4 is 5.73 Å². The van der Waals surface area contributed by atoms with Crippen molar-refractivity contribution >= 4 is 17.7 Å². The van der Waals surface area contributed by atoms with E-state index in [-0.39, 0.29) is 11.8 Å². The summed E-state index contributed by atoms with van der Waals surface area (Å²) in [5.41, 5.74) is 5.44. The van der Waals surface area contributed by atoms with Gasteiger partial charge < -0.3 is 15.5 Å². The highest BCUT2D eigenvalue weighted by molar-refractivity contribution is 5.82. The van der Waals surface area contributed by atoms with Crippen molar-refractivity contribution in [2.75, 3.05) is 45.8 Å². The monoisotopic (exact) mass is 324 g/mol. The Hall–Kier alpha value is -1.63. The molecule has 130 valence electrons. The summed E-state index contributed by atoms with van der Waals surface area (Å²) in [5, 5.41) is 0. The highest BCUT2D eigenvalue weighted by atomic mass is 16.2. The van der Waals surface area contributed by atoms with Gasteiger partial charge in [0, 0.05) is 33.1 Å². The van der Waals surface area contributed by atoms with Crippen molar-refractivity contribution in [1.29, 1.82) is 0 Å². The van der Waals surface area contributed by atoms with Gasteiger partial charge in [-0.1, -0.05) is 6.92 Å². The molecule has 2 heterocycles. The van der Waals surface area contributed by atoms with E-state index in [2.05, 4.69) is 11.8 Å². The van der Waals surface area contributed by atoms with Crippen LogP contribution in [-0.4, -0.2) is 78.2 Å². The first-order valence-electron chi connectivity index (χ1n) is 8.41. The topological polar surface area (TPSA) is 87.0 Å². The largest absolute Gasteiger partial charge is 0.369 e. The second kappa shape index (κ2) is 7.77. The Balaban J connectivity index is 1.95. The number of hydrogen-bond acceptors (Lipinski definition) is 4. The Morgan fingerprint density at radius 1 is 1.00 bits per heavy atom. The third-order valence-corrected chi connectivity index (χ3v) is 4.96. The maximum Gasteiger partial charge on any atom is 0.236 e. The molecule has 0 bridgehead atoms. The summed E-state index contributed by atoms with van der Waals surface area (Å²) in [6, 6.07) is 0. The number of carbonyl (C=O) groups excluding carboxylic acids is 3. The summed E-state index contributed by atoms with van der Waals surface area (Å²) in [6.45, 7) is 7.52. The highest BCUT2D eigenvalue weighted by Crippen LogP contribution is 2.16. The normalized spacial score (nSPS) is 24.3. The molecule has 2 aliphatic rings. The molecule has 0 aromatic carbocycles. The first-order valence-corrected chi connectivity index (χ1v) is 8.41. The zero-order valence-electron chi connectivity index (χ0n) is 14.2. The third-order valence-electron chi connectivity index (χ3n) is 4.96. The molecular formula is C16H28N4O3. The summed E-state index contributed by atoms with van der Waals surface area (Å²) in [4.78, 5) is 41.3. The van der Waals surface area contributed by atoms with Gasteiger partial charge in [0.05, 0.1) is 12.5 Å². The van der Waals surface area contributed by atoms with Crippen molar-refractivity contribution in [3.05, 3.63) is 0 Å². The quantitative estimate of drug-likeness (QED) is 0.759. The zero-order valence-corrected chi connectivity index (χ0v) is 14.2. The van der Waals surface area contributed by atoms with E-state index < -0.39 is 11.8 Å². The molecule has 0 saturated carbocycles. The number of amides is 3. The van der Waals surface area contributed by atoms with Crippen LogP contribution in [0.5, 0.6) is 0 Å². The predicted molar refractivity (Wildman–Crippen MR) is 86.4 cm³/mol. The fourth-order valence-electron chi connectivity index (χ4n) is 3.22. The minimum absolute atomic E-state index is 0.0243. The minimum Gasteiger partial charge on any atom is -0.369 e. The molecule has 0 aromatic heterocycles. The van der Waals surface area contributed by atoms with Crippen molar-refractivity contribution < 1.29 is 14.4 Å². The zero-order chi connectivity index (χ0) is 17.0. The lowest BCUT2D eigenvalue weighted by Crippen LogP contribution is -2.46. The first-order chi connectivity index (χ1) is 10.9. The second-order valence-corrected chi connectivity index (χ2v) is 6.86. The smallest absolute Gasteiger partial charge is 0.236 e. The standard InChI is InChI=1S/C16H28N4O3/c1-12-3-5-18(6-4-12)11-15(22)20-8-7-19(13(2)21)9-14(10-20)16(17)23/h12,14H,3-11H2,1-2H3,(H2,17,23). The second-order valence-electron chi connectivity index (χ2n) is 6.86. The van der Waals surface area contributed by atoms with Crippen molar-refractivity contribution in [3.63, 3.8) is 0 Å². The van der Waals surface area contributed by atoms with E-state index in [0.717, 1.165) is 31.8 Å². The molecule has 2 saturated heterocycles. The van der Waals surface area contributed by atoms with E-state index in [1.807, 2.05) is 0 Å². The Bertz CT molecular complexity index is 460. The molecule has 0 aliphatic carbocycles. The number of nitrogens with zero attached hydrogens (tertiary/aromatic N) is 3. The average molecular weight is 324 g/mol. The van der Waals surface area contributed by atoms with Crippen molar-refractivity contribution in [2.24, 2.45) is 17.6 Å². The van der Waals surface area contributed by atoms with E-state index in [9.17, 15) is 14.4 Å². The number of rotatable bonds is 3. The van der Waals surface area contributed by atoms with Crippen molar-refractivity contribution in [1.82, 2.24) is 14.7 Å². The number of primary amides is 1. The Labute approximate surface area is 137 Å². The van der Waals surface area contributed by atoms with Crippen LogP contribution in [-0.2, 0) is 14.4 Å². The molecule has 2 rings (SSSR count). The maximum absolute atomic E-state index is 12.6. The van der Waals surface area contributed by atoms with Gasteiger partial charge in [-0.15, -0.1) is 0 Å². The molecule has 1 unspecified atom stereocenters. The molecule has 7 nitrogen and oxygen atoms in total. The Morgan fingerprint density at radius 3 is 2.13 bits per heavy atom. The summed E-state index contributed by atoms with van der Waals surface area (Å²) >= 11 is 0. The van der Waals surface area contributed by atoms with Gasteiger partial charge in [0.15, 0.2) is 0 Å². The number of hydrogen-bond donors (Lipinski definition) is 1. The number of likely N-dealkylation sites (tertiary alicyclic amines) is 1. The van der Waals surface area contributed by atoms with Crippen LogP contribution >= 0.6 is 0 Å². The van der Waals surface area contributed by atoms with Gasteiger partial charge in [-0.05, 0) is 31.8 Å². The summed E-state index contributed by atoms with van der Waals surface area (Å²) in [7, 11) is 0. The third kappa shape index (κ3) is 4.92. The molecule has 2 fully saturated rings. The molecule has 0 spiro atoms. The fraction of sp³-hybridized carbons (Fsp3) is 0.812. The number of piperidine rings is 1. The molecule has 1 atom stereocenters. The van der Waals surface area contributed by atoms with Crippen molar-refractivity contribution in [3.8, 4) is 0 Å². The van der Waals surface area contributed by atoms with Crippen LogP contribution in [0.3, 0.4) is 0 Å². The van der Waals surface area contributed by atoms with Gasteiger partial charge in [0.1, 0.15) is 0 Å². The maximum atomic E-state index is 12.6. The van der Waals surface area contributed by atoms with Crippen LogP contribution in [0.2, 0.25) is 0 Å². The molecular weight excluding hydrogens is 296 g/mol. The lowest BCUT2D eigenvalue weighted by Gasteiger charge is -2.32. The average Bonchev–Trinajstić information content (AvgIpc) is 2.73. The van der Waals surface area contributed by atoms with E-state index in [0.29, 0.717) is 32.7 Å². The van der Waals surface area contributed by atoms with E-state index in [1.165, 1.54) is 6.92 Å². The molecule has 3 amide bonds. The lowest BCUT2D eigenvalue weighted by atomic mass is 9.99. The van der Waals surface area contributed by atoms with Gasteiger partial charge in [-0.2, -0.15) is 0 Å². The van der Waals surface area contributed by atoms with Gasteiger partial charge in [-0.3, -0.25) is 19.3 Å². The Kier molecular flexibility index (Phi) is 5.98. The molecule has 2 aliphatic heterocycles.